The first-order valence-corrected chi connectivity index (χ1v) is 11.4. The third-order valence-electron chi connectivity index (χ3n) is 5.62. The maximum atomic E-state index is 13.7. The van der Waals surface area contributed by atoms with E-state index in [1.807, 2.05) is 68.1 Å². The Morgan fingerprint density at radius 2 is 1.75 bits per heavy atom. The standard InChI is InChI=1S/C26H33N3O3/c1-6-24(30)28(17-16-18(3)4)19(5)25-27-21-13-9-8-12-20(21)26(31)29(25)22-14-10-11-15-23(22)32-7-2/h8-15,18-19H,6-7,16-17H2,1-5H3. The number of carbonyl (C=O) groups is 1. The van der Waals surface area contributed by atoms with Crippen LogP contribution in [0.5, 0.6) is 5.75 Å². The van der Waals surface area contributed by atoms with Crippen LogP contribution in [0, 0.1) is 5.92 Å². The van der Waals surface area contributed by atoms with Gasteiger partial charge in [-0.3, -0.25) is 14.2 Å². The summed E-state index contributed by atoms with van der Waals surface area (Å²) < 4.78 is 7.45. The van der Waals surface area contributed by atoms with Gasteiger partial charge >= 0.3 is 0 Å². The van der Waals surface area contributed by atoms with Crippen molar-refractivity contribution in [3.63, 3.8) is 0 Å². The van der Waals surface area contributed by atoms with E-state index in [1.165, 1.54) is 0 Å². The largest absolute Gasteiger partial charge is 0.492 e. The fraction of sp³-hybridized carbons (Fsp3) is 0.423. The van der Waals surface area contributed by atoms with Gasteiger partial charge in [-0.1, -0.05) is 45.0 Å². The molecule has 1 atom stereocenters. The summed E-state index contributed by atoms with van der Waals surface area (Å²) in [6.45, 7) is 11.1. The number of ether oxygens (including phenoxy) is 1. The zero-order valence-corrected chi connectivity index (χ0v) is 19.7. The van der Waals surface area contributed by atoms with Crippen molar-refractivity contribution in [1.82, 2.24) is 14.5 Å². The maximum Gasteiger partial charge on any atom is 0.266 e. The predicted molar refractivity (Wildman–Crippen MR) is 128 cm³/mol. The molecule has 6 nitrogen and oxygen atoms in total. The average Bonchev–Trinajstić information content (AvgIpc) is 2.79. The lowest BCUT2D eigenvalue weighted by Gasteiger charge is -2.31. The predicted octanol–water partition coefficient (Wildman–Crippen LogP) is 5.13. The van der Waals surface area contributed by atoms with E-state index in [9.17, 15) is 9.59 Å². The quantitative estimate of drug-likeness (QED) is 0.467. The Balaban J connectivity index is 2.26. The summed E-state index contributed by atoms with van der Waals surface area (Å²) in [5.74, 6) is 1.65. The van der Waals surface area contributed by atoms with Crippen LogP contribution in [0.1, 0.15) is 59.3 Å². The molecule has 6 heteroatoms. The van der Waals surface area contributed by atoms with E-state index in [0.717, 1.165) is 6.42 Å². The number of hydrogen-bond acceptors (Lipinski definition) is 4. The molecule has 1 heterocycles. The molecule has 0 radical (unpaired) electrons. The number of benzene rings is 2. The number of hydrogen-bond donors (Lipinski definition) is 0. The summed E-state index contributed by atoms with van der Waals surface area (Å²) in [6, 6.07) is 14.4. The molecule has 1 amide bonds. The Morgan fingerprint density at radius 1 is 1.06 bits per heavy atom. The van der Waals surface area contributed by atoms with E-state index < -0.39 is 0 Å². The molecule has 0 aliphatic rings. The Labute approximate surface area is 189 Å². The molecule has 0 aliphatic heterocycles. The van der Waals surface area contributed by atoms with Crippen molar-refractivity contribution in [2.75, 3.05) is 13.2 Å². The van der Waals surface area contributed by atoms with E-state index in [4.69, 9.17) is 9.72 Å². The molecule has 3 rings (SSSR count). The van der Waals surface area contributed by atoms with Crippen molar-refractivity contribution < 1.29 is 9.53 Å². The summed E-state index contributed by atoms with van der Waals surface area (Å²) >= 11 is 0. The highest BCUT2D eigenvalue weighted by molar-refractivity contribution is 5.79. The second kappa shape index (κ2) is 10.4. The molecule has 170 valence electrons. The van der Waals surface area contributed by atoms with Gasteiger partial charge in [0.2, 0.25) is 5.91 Å². The highest BCUT2D eigenvalue weighted by Crippen LogP contribution is 2.28. The molecular formula is C26H33N3O3. The van der Waals surface area contributed by atoms with Crippen LogP contribution in [0.15, 0.2) is 53.3 Å². The van der Waals surface area contributed by atoms with Gasteiger partial charge in [0, 0.05) is 13.0 Å². The fourth-order valence-electron chi connectivity index (χ4n) is 3.86. The second-order valence-corrected chi connectivity index (χ2v) is 8.33. The Hall–Kier alpha value is -3.15. The number of aromatic nitrogens is 2. The van der Waals surface area contributed by atoms with Crippen molar-refractivity contribution in [2.24, 2.45) is 5.92 Å². The summed E-state index contributed by atoms with van der Waals surface area (Å²) in [7, 11) is 0. The SMILES string of the molecule is CCOc1ccccc1-n1c(C(C)N(CCC(C)C)C(=O)CC)nc2ccccc2c1=O. The summed E-state index contributed by atoms with van der Waals surface area (Å²) in [4.78, 5) is 33.3. The van der Waals surface area contributed by atoms with Crippen LogP contribution >= 0.6 is 0 Å². The summed E-state index contributed by atoms with van der Waals surface area (Å²) in [5, 5.41) is 0.533. The number of rotatable bonds is 9. The van der Waals surface area contributed by atoms with Crippen LogP contribution in [-0.2, 0) is 4.79 Å². The zero-order valence-electron chi connectivity index (χ0n) is 19.7. The van der Waals surface area contributed by atoms with Crippen LogP contribution < -0.4 is 10.3 Å². The first-order valence-electron chi connectivity index (χ1n) is 11.4. The van der Waals surface area contributed by atoms with Crippen molar-refractivity contribution >= 4 is 16.8 Å². The first kappa shape index (κ1) is 23.5. The van der Waals surface area contributed by atoms with Crippen molar-refractivity contribution in [2.45, 2.75) is 53.5 Å². The smallest absolute Gasteiger partial charge is 0.266 e. The highest BCUT2D eigenvalue weighted by Gasteiger charge is 2.27. The second-order valence-electron chi connectivity index (χ2n) is 8.33. The number of nitrogens with zero attached hydrogens (tertiary/aromatic N) is 3. The summed E-state index contributed by atoms with van der Waals surface area (Å²) in [5.41, 5.74) is 1.09. The number of fused-ring (bicyclic) bond motifs is 1. The van der Waals surface area contributed by atoms with Crippen LogP contribution in [0.25, 0.3) is 16.6 Å². The first-order chi connectivity index (χ1) is 15.4. The third kappa shape index (κ3) is 4.85. The molecule has 0 N–H and O–H groups in total. The molecule has 1 unspecified atom stereocenters. The van der Waals surface area contributed by atoms with Gasteiger partial charge in [-0.2, -0.15) is 0 Å². The van der Waals surface area contributed by atoms with Crippen LogP contribution in [0.4, 0.5) is 0 Å². The molecule has 0 saturated carbocycles. The van der Waals surface area contributed by atoms with Gasteiger partial charge < -0.3 is 9.64 Å². The minimum Gasteiger partial charge on any atom is -0.492 e. The zero-order chi connectivity index (χ0) is 23.3. The highest BCUT2D eigenvalue weighted by atomic mass is 16.5. The van der Waals surface area contributed by atoms with Gasteiger partial charge in [0.1, 0.15) is 11.6 Å². The Kier molecular flexibility index (Phi) is 7.67. The maximum absolute atomic E-state index is 13.7. The lowest BCUT2D eigenvalue weighted by molar-refractivity contribution is -0.133. The number of para-hydroxylation sites is 3. The van der Waals surface area contributed by atoms with Crippen LogP contribution in [0.3, 0.4) is 0 Å². The van der Waals surface area contributed by atoms with Gasteiger partial charge in [0.25, 0.3) is 5.56 Å². The van der Waals surface area contributed by atoms with Crippen LogP contribution in [-0.4, -0.2) is 33.5 Å². The minimum absolute atomic E-state index is 0.0465. The van der Waals surface area contributed by atoms with Crippen molar-refractivity contribution in [3.8, 4) is 11.4 Å². The molecule has 0 aliphatic carbocycles. The van der Waals surface area contributed by atoms with Gasteiger partial charge in [-0.05, 0) is 50.5 Å². The fourth-order valence-corrected chi connectivity index (χ4v) is 3.86. The number of carbonyl (C=O) groups excluding carboxylic acids is 1. The molecule has 32 heavy (non-hydrogen) atoms. The molecular weight excluding hydrogens is 402 g/mol. The van der Waals surface area contributed by atoms with E-state index in [0.29, 0.717) is 53.7 Å². The third-order valence-corrected chi connectivity index (χ3v) is 5.62. The molecule has 3 aromatic rings. The van der Waals surface area contributed by atoms with E-state index in [2.05, 4.69) is 13.8 Å². The van der Waals surface area contributed by atoms with Gasteiger partial charge in [0.05, 0.1) is 29.2 Å². The van der Waals surface area contributed by atoms with Crippen molar-refractivity contribution in [3.05, 3.63) is 64.7 Å². The molecule has 0 spiro atoms. The van der Waals surface area contributed by atoms with E-state index >= 15 is 0 Å². The van der Waals surface area contributed by atoms with Crippen LogP contribution in [0.2, 0.25) is 0 Å². The summed E-state index contributed by atoms with van der Waals surface area (Å²) in [6.07, 6.45) is 1.28. The monoisotopic (exact) mass is 435 g/mol. The lowest BCUT2D eigenvalue weighted by atomic mass is 10.1. The molecule has 0 fully saturated rings. The Bertz CT molecular complexity index is 1140. The van der Waals surface area contributed by atoms with E-state index in [-0.39, 0.29) is 17.5 Å². The minimum atomic E-state index is -0.381. The molecule has 1 aromatic heterocycles. The average molecular weight is 436 g/mol. The normalized spacial score (nSPS) is 12.2. The molecule has 2 aromatic carbocycles. The van der Waals surface area contributed by atoms with Gasteiger partial charge in [0.15, 0.2) is 0 Å². The Morgan fingerprint density at radius 3 is 2.44 bits per heavy atom. The van der Waals surface area contributed by atoms with Crippen molar-refractivity contribution in [1.29, 1.82) is 0 Å². The molecule has 0 bridgehead atoms. The topological polar surface area (TPSA) is 64.4 Å². The van der Waals surface area contributed by atoms with Gasteiger partial charge in [-0.25, -0.2) is 4.98 Å². The number of amides is 1. The van der Waals surface area contributed by atoms with Gasteiger partial charge in [-0.15, -0.1) is 0 Å². The van der Waals surface area contributed by atoms with E-state index in [1.54, 1.807) is 10.6 Å². The molecule has 0 saturated heterocycles. The lowest BCUT2D eigenvalue weighted by Crippen LogP contribution is -2.38.